The fourth-order valence-corrected chi connectivity index (χ4v) is 5.73. The number of hydrogen-bond acceptors (Lipinski definition) is 5. The Kier molecular flexibility index (Phi) is 3.98. The summed E-state index contributed by atoms with van der Waals surface area (Å²) in [7, 11) is -2.36. The Morgan fingerprint density at radius 3 is 2.74 bits per heavy atom. The first-order valence-electron chi connectivity index (χ1n) is 6.08. The van der Waals surface area contributed by atoms with Crippen molar-refractivity contribution in [2.24, 2.45) is 0 Å². The van der Waals surface area contributed by atoms with Crippen LogP contribution in [0.4, 0.5) is 0 Å². The minimum Gasteiger partial charge on any atom is -0.465 e. The number of carbonyl (C=O) groups excluding carboxylic acids is 1. The molecule has 1 fully saturated rings. The van der Waals surface area contributed by atoms with Crippen molar-refractivity contribution in [3.63, 3.8) is 0 Å². The molecule has 1 aromatic rings. The van der Waals surface area contributed by atoms with Crippen molar-refractivity contribution in [2.45, 2.75) is 37.6 Å². The highest BCUT2D eigenvalue weighted by atomic mass is 32.2. The van der Waals surface area contributed by atoms with Crippen LogP contribution in [0.25, 0.3) is 0 Å². The lowest BCUT2D eigenvalue weighted by molar-refractivity contribution is 0.0602. The molecule has 2 rings (SSSR count). The van der Waals surface area contributed by atoms with Gasteiger partial charge in [-0.15, -0.1) is 11.3 Å². The molecule has 5 nitrogen and oxygen atoms in total. The smallest absolute Gasteiger partial charge is 0.349 e. The molecule has 1 aromatic heterocycles. The Hall–Kier alpha value is -0.920. The molecule has 106 valence electrons. The van der Waals surface area contributed by atoms with E-state index in [-0.39, 0.29) is 15.8 Å². The number of nitrogens with zero attached hydrogens (tertiary/aromatic N) is 1. The van der Waals surface area contributed by atoms with Gasteiger partial charge in [0.05, 0.1) is 7.11 Å². The van der Waals surface area contributed by atoms with Crippen molar-refractivity contribution >= 4 is 27.3 Å². The van der Waals surface area contributed by atoms with Crippen LogP contribution in [-0.2, 0) is 14.8 Å². The van der Waals surface area contributed by atoms with Crippen LogP contribution in [-0.4, -0.2) is 38.4 Å². The quantitative estimate of drug-likeness (QED) is 0.801. The number of thiophene rings is 1. The lowest BCUT2D eigenvalue weighted by Gasteiger charge is -2.21. The predicted molar refractivity (Wildman–Crippen MR) is 73.0 cm³/mol. The van der Waals surface area contributed by atoms with Crippen LogP contribution >= 0.6 is 11.3 Å². The van der Waals surface area contributed by atoms with Crippen molar-refractivity contribution in [3.05, 3.63) is 15.8 Å². The van der Waals surface area contributed by atoms with E-state index < -0.39 is 16.0 Å². The second kappa shape index (κ2) is 5.22. The van der Waals surface area contributed by atoms with E-state index in [1.165, 1.54) is 11.4 Å². The number of methoxy groups -OCH3 is 1. The largest absolute Gasteiger partial charge is 0.465 e. The van der Waals surface area contributed by atoms with E-state index in [1.54, 1.807) is 12.3 Å². The second-order valence-electron chi connectivity index (χ2n) is 4.68. The molecule has 0 amide bonds. The number of hydrogen-bond donors (Lipinski definition) is 0. The van der Waals surface area contributed by atoms with Gasteiger partial charge in [-0.3, -0.25) is 0 Å². The van der Waals surface area contributed by atoms with Gasteiger partial charge in [-0.2, -0.15) is 4.31 Å². The molecule has 0 aromatic carbocycles. The van der Waals surface area contributed by atoms with Crippen LogP contribution in [0, 0.1) is 6.92 Å². The van der Waals surface area contributed by atoms with Crippen molar-refractivity contribution in [3.8, 4) is 0 Å². The van der Waals surface area contributed by atoms with Crippen LogP contribution in [0.15, 0.2) is 10.3 Å². The van der Waals surface area contributed by atoms with Crippen molar-refractivity contribution < 1.29 is 17.9 Å². The molecule has 0 spiro atoms. The first-order chi connectivity index (χ1) is 8.89. The van der Waals surface area contributed by atoms with E-state index in [0.717, 1.165) is 24.2 Å². The molecule has 1 aliphatic heterocycles. The van der Waals surface area contributed by atoms with Crippen LogP contribution in [0.2, 0.25) is 0 Å². The van der Waals surface area contributed by atoms with Gasteiger partial charge in [-0.1, -0.05) is 0 Å². The molecule has 7 heteroatoms. The van der Waals surface area contributed by atoms with Crippen LogP contribution in [0.1, 0.15) is 35.0 Å². The number of ether oxygens (including phenoxy) is 1. The molecule has 1 saturated heterocycles. The Morgan fingerprint density at radius 1 is 1.53 bits per heavy atom. The molecule has 0 N–H and O–H groups in total. The lowest BCUT2D eigenvalue weighted by Crippen LogP contribution is -2.34. The maximum Gasteiger partial charge on any atom is 0.349 e. The fourth-order valence-electron chi connectivity index (χ4n) is 2.37. The SMILES string of the molecule is COC(=O)c1scc(C)c1S(=O)(=O)N1CCCC1C. The van der Waals surface area contributed by atoms with E-state index >= 15 is 0 Å². The second-order valence-corrected chi connectivity index (χ2v) is 7.38. The first-order valence-corrected chi connectivity index (χ1v) is 8.39. The summed E-state index contributed by atoms with van der Waals surface area (Å²) in [4.78, 5) is 12.0. The summed E-state index contributed by atoms with van der Waals surface area (Å²) in [5, 5.41) is 1.68. The van der Waals surface area contributed by atoms with Gasteiger partial charge < -0.3 is 4.74 Å². The van der Waals surface area contributed by atoms with Gasteiger partial charge in [0.2, 0.25) is 10.0 Å². The van der Waals surface area contributed by atoms with E-state index in [0.29, 0.717) is 12.1 Å². The van der Waals surface area contributed by atoms with Gasteiger partial charge in [-0.25, -0.2) is 13.2 Å². The molecule has 1 aliphatic rings. The standard InChI is InChI=1S/C12H17NO4S2/c1-8-7-18-10(12(14)17-3)11(8)19(15,16)13-6-4-5-9(13)2/h7,9H,4-6H2,1-3H3. The zero-order valence-electron chi connectivity index (χ0n) is 11.2. The predicted octanol–water partition coefficient (Wildman–Crippen LogP) is 2.02. The van der Waals surface area contributed by atoms with Gasteiger partial charge in [-0.05, 0) is 37.6 Å². The number of rotatable bonds is 3. The Morgan fingerprint density at radius 2 is 2.21 bits per heavy atom. The molecule has 1 atom stereocenters. The maximum absolute atomic E-state index is 12.7. The van der Waals surface area contributed by atoms with E-state index in [2.05, 4.69) is 4.74 Å². The zero-order chi connectivity index (χ0) is 14.2. The third-order valence-electron chi connectivity index (χ3n) is 3.35. The number of aryl methyl sites for hydroxylation is 1. The van der Waals surface area contributed by atoms with E-state index in [1.807, 2.05) is 6.92 Å². The summed E-state index contributed by atoms with van der Waals surface area (Å²) in [6.45, 7) is 4.11. The molecule has 0 bridgehead atoms. The van der Waals surface area contributed by atoms with Gasteiger partial charge in [0.15, 0.2) is 0 Å². The van der Waals surface area contributed by atoms with Gasteiger partial charge in [0.1, 0.15) is 9.77 Å². The molecular formula is C12H17NO4S2. The summed E-state index contributed by atoms with van der Waals surface area (Å²) in [6.07, 6.45) is 1.72. The molecule has 0 saturated carbocycles. The van der Waals surface area contributed by atoms with Gasteiger partial charge in [0.25, 0.3) is 0 Å². The third-order valence-corrected chi connectivity index (χ3v) is 6.76. The van der Waals surface area contributed by atoms with Gasteiger partial charge in [0, 0.05) is 12.6 Å². The van der Waals surface area contributed by atoms with Crippen molar-refractivity contribution in [1.29, 1.82) is 0 Å². The lowest BCUT2D eigenvalue weighted by atomic mass is 10.3. The van der Waals surface area contributed by atoms with E-state index in [4.69, 9.17) is 0 Å². The number of carbonyl (C=O) groups is 1. The minimum atomic E-state index is -3.62. The Bertz CT molecular complexity index is 591. The average Bonchev–Trinajstić information content (AvgIpc) is 2.94. The molecule has 0 aliphatic carbocycles. The summed E-state index contributed by atoms with van der Waals surface area (Å²) < 4.78 is 31.5. The molecule has 0 radical (unpaired) electrons. The van der Waals surface area contributed by atoms with Gasteiger partial charge >= 0.3 is 5.97 Å². The highest BCUT2D eigenvalue weighted by molar-refractivity contribution is 7.89. The Balaban J connectivity index is 2.52. The average molecular weight is 303 g/mol. The fraction of sp³-hybridized carbons (Fsp3) is 0.583. The highest BCUT2D eigenvalue weighted by Gasteiger charge is 2.37. The monoisotopic (exact) mass is 303 g/mol. The van der Waals surface area contributed by atoms with Crippen LogP contribution in [0.3, 0.4) is 0 Å². The summed E-state index contributed by atoms with van der Waals surface area (Å²) >= 11 is 1.12. The number of esters is 1. The summed E-state index contributed by atoms with van der Waals surface area (Å²) in [5.41, 5.74) is 0.601. The number of sulfonamides is 1. The molecule has 1 unspecified atom stereocenters. The van der Waals surface area contributed by atoms with Crippen molar-refractivity contribution in [1.82, 2.24) is 4.31 Å². The highest BCUT2D eigenvalue weighted by Crippen LogP contribution is 2.33. The molecule has 2 heterocycles. The third kappa shape index (κ3) is 2.42. The Labute approximate surface area is 117 Å². The maximum atomic E-state index is 12.7. The zero-order valence-corrected chi connectivity index (χ0v) is 12.8. The topological polar surface area (TPSA) is 63.7 Å². The first kappa shape index (κ1) is 14.5. The van der Waals surface area contributed by atoms with Crippen LogP contribution < -0.4 is 0 Å². The van der Waals surface area contributed by atoms with Crippen LogP contribution in [0.5, 0.6) is 0 Å². The minimum absolute atomic E-state index is 0.0187. The van der Waals surface area contributed by atoms with Crippen molar-refractivity contribution in [2.75, 3.05) is 13.7 Å². The summed E-state index contributed by atoms with van der Waals surface area (Å²) in [5.74, 6) is -0.594. The summed E-state index contributed by atoms with van der Waals surface area (Å²) in [6, 6.07) is -0.0187. The normalized spacial score (nSPS) is 20.7. The van der Waals surface area contributed by atoms with E-state index in [9.17, 15) is 13.2 Å². The molecule has 19 heavy (non-hydrogen) atoms. The molecular weight excluding hydrogens is 286 g/mol.